The molecule has 1 aromatic carbocycles. The Kier molecular flexibility index (Phi) is 2.57. The third-order valence-corrected chi connectivity index (χ3v) is 1.56. The van der Waals surface area contributed by atoms with E-state index in [0.717, 1.165) is 12.1 Å². The van der Waals surface area contributed by atoms with Gasteiger partial charge in [-0.05, 0) is 12.1 Å². The zero-order valence-corrected chi connectivity index (χ0v) is 6.97. The smallest absolute Gasteiger partial charge is 0.289 e. The monoisotopic (exact) mass is 194 g/mol. The van der Waals surface area contributed by atoms with Crippen LogP contribution in [-0.2, 0) is 4.79 Å². The number of amides is 1. The van der Waals surface area contributed by atoms with Gasteiger partial charge < -0.3 is 5.73 Å². The van der Waals surface area contributed by atoms with Crippen LogP contribution < -0.4 is 5.73 Å². The van der Waals surface area contributed by atoms with Gasteiger partial charge in [0.15, 0.2) is 0 Å². The molecule has 14 heavy (non-hydrogen) atoms. The van der Waals surface area contributed by atoms with E-state index in [9.17, 15) is 19.7 Å². The van der Waals surface area contributed by atoms with E-state index in [1.807, 2.05) is 0 Å². The normalized spacial score (nSPS) is 9.43. The van der Waals surface area contributed by atoms with Crippen molar-refractivity contribution < 1.29 is 14.5 Å². The van der Waals surface area contributed by atoms with Gasteiger partial charge in [-0.1, -0.05) is 0 Å². The Hall–Kier alpha value is -2.24. The number of rotatable bonds is 3. The van der Waals surface area contributed by atoms with Crippen LogP contribution in [0.3, 0.4) is 0 Å². The minimum absolute atomic E-state index is 0.0445. The highest BCUT2D eigenvalue weighted by molar-refractivity contribution is 6.42. The number of nitrogens with zero attached hydrogens (tertiary/aromatic N) is 1. The average molecular weight is 194 g/mol. The SMILES string of the molecule is NC(=O)C(=O)c1ccc([N+](=O)[O-])cc1. The molecule has 0 aliphatic carbocycles. The van der Waals surface area contributed by atoms with E-state index in [0.29, 0.717) is 0 Å². The molecular weight excluding hydrogens is 188 g/mol. The van der Waals surface area contributed by atoms with Gasteiger partial charge in [0.1, 0.15) is 0 Å². The van der Waals surface area contributed by atoms with Crippen molar-refractivity contribution >= 4 is 17.4 Å². The number of ketones is 1. The maximum Gasteiger partial charge on any atom is 0.289 e. The number of nitro benzene ring substituents is 1. The number of hydrogen-bond acceptors (Lipinski definition) is 4. The van der Waals surface area contributed by atoms with Crippen LogP contribution in [-0.4, -0.2) is 16.6 Å². The average Bonchev–Trinajstić information content (AvgIpc) is 2.16. The molecule has 6 heteroatoms. The highest BCUT2D eigenvalue weighted by Crippen LogP contribution is 2.11. The van der Waals surface area contributed by atoms with E-state index in [2.05, 4.69) is 0 Å². The molecule has 0 fully saturated rings. The van der Waals surface area contributed by atoms with Gasteiger partial charge in [0.25, 0.3) is 11.6 Å². The predicted molar refractivity (Wildman–Crippen MR) is 46.6 cm³/mol. The number of Topliss-reactive ketones (excluding diaryl/α,β-unsaturated/α-hetero) is 1. The van der Waals surface area contributed by atoms with E-state index >= 15 is 0 Å². The van der Waals surface area contributed by atoms with Crippen molar-refractivity contribution in [2.24, 2.45) is 5.73 Å². The van der Waals surface area contributed by atoms with E-state index in [1.165, 1.54) is 12.1 Å². The Morgan fingerprint density at radius 1 is 1.21 bits per heavy atom. The molecule has 0 aliphatic rings. The van der Waals surface area contributed by atoms with Crippen molar-refractivity contribution in [2.75, 3.05) is 0 Å². The molecule has 0 aromatic heterocycles. The summed E-state index contributed by atoms with van der Waals surface area (Å²) in [6, 6.07) is 4.64. The number of hydrogen-bond donors (Lipinski definition) is 1. The first-order valence-corrected chi connectivity index (χ1v) is 3.61. The topological polar surface area (TPSA) is 103 Å². The summed E-state index contributed by atoms with van der Waals surface area (Å²) in [7, 11) is 0. The number of non-ortho nitro benzene ring substituents is 1. The molecule has 6 nitrogen and oxygen atoms in total. The summed E-state index contributed by atoms with van der Waals surface area (Å²) in [4.78, 5) is 31.1. The van der Waals surface area contributed by atoms with Gasteiger partial charge in [0.05, 0.1) is 4.92 Å². The largest absolute Gasteiger partial charge is 0.363 e. The molecule has 0 aliphatic heterocycles. The molecule has 0 spiro atoms. The van der Waals surface area contributed by atoms with Crippen molar-refractivity contribution in [2.45, 2.75) is 0 Å². The molecule has 0 atom stereocenters. The van der Waals surface area contributed by atoms with Crippen molar-refractivity contribution in [1.82, 2.24) is 0 Å². The quantitative estimate of drug-likeness (QED) is 0.322. The van der Waals surface area contributed by atoms with Gasteiger partial charge in [0.2, 0.25) is 5.78 Å². The summed E-state index contributed by atoms with van der Waals surface area (Å²) in [6.45, 7) is 0. The molecule has 0 heterocycles. The zero-order valence-electron chi connectivity index (χ0n) is 6.97. The van der Waals surface area contributed by atoms with Crippen LogP contribution in [0.4, 0.5) is 5.69 Å². The Morgan fingerprint density at radius 2 is 1.71 bits per heavy atom. The van der Waals surface area contributed by atoms with Gasteiger partial charge in [0, 0.05) is 17.7 Å². The molecular formula is C8H6N2O4. The van der Waals surface area contributed by atoms with Crippen molar-refractivity contribution in [3.63, 3.8) is 0 Å². The van der Waals surface area contributed by atoms with Crippen LogP contribution in [0, 0.1) is 10.1 Å². The number of benzene rings is 1. The predicted octanol–water partition coefficient (Wildman–Crippen LogP) is 0.263. The lowest BCUT2D eigenvalue weighted by Gasteiger charge is -1.95. The fourth-order valence-electron chi connectivity index (χ4n) is 0.877. The lowest BCUT2D eigenvalue weighted by Crippen LogP contribution is -2.22. The Balaban J connectivity index is 3.00. The highest BCUT2D eigenvalue weighted by atomic mass is 16.6. The Labute approximate surface area is 78.5 Å². The summed E-state index contributed by atoms with van der Waals surface area (Å²) in [6.07, 6.45) is 0. The Bertz CT molecular complexity index is 396. The van der Waals surface area contributed by atoms with Crippen molar-refractivity contribution in [3.8, 4) is 0 Å². The fraction of sp³-hybridized carbons (Fsp3) is 0. The number of carbonyl (C=O) groups excluding carboxylic acids is 2. The first-order chi connectivity index (χ1) is 6.52. The van der Waals surface area contributed by atoms with Crippen LogP contribution in [0.5, 0.6) is 0 Å². The van der Waals surface area contributed by atoms with E-state index < -0.39 is 16.6 Å². The summed E-state index contributed by atoms with van der Waals surface area (Å²) >= 11 is 0. The molecule has 1 aromatic rings. The van der Waals surface area contributed by atoms with Gasteiger partial charge in [-0.15, -0.1) is 0 Å². The summed E-state index contributed by atoms with van der Waals surface area (Å²) in [5.41, 5.74) is 4.64. The minimum Gasteiger partial charge on any atom is -0.363 e. The summed E-state index contributed by atoms with van der Waals surface area (Å²) in [5, 5.41) is 10.2. The maximum atomic E-state index is 11.0. The second kappa shape index (κ2) is 3.65. The molecule has 1 rings (SSSR count). The first kappa shape index (κ1) is 9.85. The Morgan fingerprint density at radius 3 is 2.07 bits per heavy atom. The van der Waals surface area contributed by atoms with E-state index in [4.69, 9.17) is 5.73 Å². The third kappa shape index (κ3) is 1.92. The molecule has 0 unspecified atom stereocenters. The number of nitro groups is 1. The fourth-order valence-corrected chi connectivity index (χ4v) is 0.877. The number of carbonyl (C=O) groups is 2. The first-order valence-electron chi connectivity index (χ1n) is 3.61. The molecule has 72 valence electrons. The molecule has 0 saturated heterocycles. The highest BCUT2D eigenvalue weighted by Gasteiger charge is 2.13. The van der Waals surface area contributed by atoms with E-state index in [-0.39, 0.29) is 11.3 Å². The molecule has 1 amide bonds. The third-order valence-electron chi connectivity index (χ3n) is 1.56. The van der Waals surface area contributed by atoms with Gasteiger partial charge in [-0.2, -0.15) is 0 Å². The summed E-state index contributed by atoms with van der Waals surface area (Å²) in [5.74, 6) is -1.95. The van der Waals surface area contributed by atoms with Gasteiger partial charge in [-0.3, -0.25) is 19.7 Å². The van der Waals surface area contributed by atoms with Crippen molar-refractivity contribution in [3.05, 3.63) is 39.9 Å². The second-order valence-electron chi connectivity index (χ2n) is 2.50. The van der Waals surface area contributed by atoms with Crippen molar-refractivity contribution in [1.29, 1.82) is 0 Å². The van der Waals surface area contributed by atoms with Crippen LogP contribution in [0.15, 0.2) is 24.3 Å². The second-order valence-corrected chi connectivity index (χ2v) is 2.50. The van der Waals surface area contributed by atoms with Crippen LogP contribution >= 0.6 is 0 Å². The number of primary amides is 1. The van der Waals surface area contributed by atoms with E-state index in [1.54, 1.807) is 0 Å². The molecule has 0 radical (unpaired) electrons. The maximum absolute atomic E-state index is 11.0. The molecule has 0 saturated carbocycles. The minimum atomic E-state index is -1.08. The lowest BCUT2D eigenvalue weighted by atomic mass is 10.1. The molecule has 0 bridgehead atoms. The molecule has 2 N–H and O–H groups in total. The number of nitrogens with two attached hydrogens (primary N) is 1. The van der Waals surface area contributed by atoms with Crippen LogP contribution in [0.25, 0.3) is 0 Å². The zero-order chi connectivity index (χ0) is 10.7. The van der Waals surface area contributed by atoms with Gasteiger partial charge >= 0.3 is 0 Å². The van der Waals surface area contributed by atoms with Crippen LogP contribution in [0.1, 0.15) is 10.4 Å². The lowest BCUT2D eigenvalue weighted by molar-refractivity contribution is -0.384. The van der Waals surface area contributed by atoms with Gasteiger partial charge in [-0.25, -0.2) is 0 Å². The summed E-state index contributed by atoms with van der Waals surface area (Å²) < 4.78 is 0. The van der Waals surface area contributed by atoms with Crippen LogP contribution in [0.2, 0.25) is 0 Å². The standard InChI is InChI=1S/C8H6N2O4/c9-8(12)7(11)5-1-3-6(4-2-5)10(13)14/h1-4H,(H2,9,12).